The number of hydrogen-bond donors (Lipinski definition) is 1. The maximum Gasteiger partial charge on any atom is 0.242 e. The summed E-state index contributed by atoms with van der Waals surface area (Å²) in [6, 6.07) is 24.4. The number of aryl methyl sites for hydroxylation is 1. The van der Waals surface area contributed by atoms with Gasteiger partial charge in [-0.25, -0.2) is 0 Å². The second kappa shape index (κ2) is 10.8. The Balaban J connectivity index is 1.94. The van der Waals surface area contributed by atoms with Gasteiger partial charge in [0.25, 0.3) is 0 Å². The lowest BCUT2D eigenvalue weighted by atomic mass is 10.0. The van der Waals surface area contributed by atoms with Gasteiger partial charge < -0.3 is 10.2 Å². The number of carbonyl (C=O) groups is 2. The smallest absolute Gasteiger partial charge is 0.242 e. The summed E-state index contributed by atoms with van der Waals surface area (Å²) in [5.41, 5.74) is 3.94. The zero-order valence-electron chi connectivity index (χ0n) is 17.8. The fourth-order valence-electron chi connectivity index (χ4n) is 3.58. The molecule has 0 bridgehead atoms. The number of amides is 2. The van der Waals surface area contributed by atoms with Crippen LogP contribution in [0.1, 0.15) is 22.3 Å². The van der Waals surface area contributed by atoms with Crippen molar-refractivity contribution in [1.29, 1.82) is 0 Å². The first kappa shape index (κ1) is 22.6. The van der Waals surface area contributed by atoms with Crippen molar-refractivity contribution >= 4 is 23.4 Å². The summed E-state index contributed by atoms with van der Waals surface area (Å²) in [6.45, 7) is 2.32. The molecule has 3 rings (SSSR count). The fourth-order valence-corrected chi connectivity index (χ4v) is 3.71. The van der Waals surface area contributed by atoms with Gasteiger partial charge in [0.15, 0.2) is 0 Å². The van der Waals surface area contributed by atoms with Crippen molar-refractivity contribution in [3.63, 3.8) is 0 Å². The number of hydrogen-bond acceptors (Lipinski definition) is 2. The Labute approximate surface area is 188 Å². The molecule has 1 atom stereocenters. The van der Waals surface area contributed by atoms with Crippen molar-refractivity contribution in [3.8, 4) is 0 Å². The van der Waals surface area contributed by atoms with Crippen LogP contribution in [0.3, 0.4) is 0 Å². The van der Waals surface area contributed by atoms with E-state index in [0.717, 1.165) is 22.3 Å². The molecular weight excluding hydrogens is 408 g/mol. The zero-order valence-corrected chi connectivity index (χ0v) is 18.6. The van der Waals surface area contributed by atoms with Crippen LogP contribution in [0.15, 0.2) is 78.9 Å². The van der Waals surface area contributed by atoms with Gasteiger partial charge in [-0.15, -0.1) is 0 Å². The number of halogens is 1. The van der Waals surface area contributed by atoms with Crippen LogP contribution < -0.4 is 5.32 Å². The van der Waals surface area contributed by atoms with Crippen molar-refractivity contribution in [3.05, 3.63) is 106 Å². The van der Waals surface area contributed by atoms with Crippen LogP contribution in [0.5, 0.6) is 0 Å². The number of nitrogens with one attached hydrogen (secondary N) is 1. The molecule has 31 heavy (non-hydrogen) atoms. The summed E-state index contributed by atoms with van der Waals surface area (Å²) in [5, 5.41) is 3.37. The van der Waals surface area contributed by atoms with Gasteiger partial charge in [0, 0.05) is 25.0 Å². The third-order valence-corrected chi connectivity index (χ3v) is 5.64. The molecule has 0 spiro atoms. The van der Waals surface area contributed by atoms with Crippen molar-refractivity contribution in [2.75, 3.05) is 7.05 Å². The van der Waals surface area contributed by atoms with Gasteiger partial charge in [0.1, 0.15) is 6.04 Å². The molecular formula is C26H27ClN2O2. The van der Waals surface area contributed by atoms with Gasteiger partial charge in [-0.1, -0.05) is 78.3 Å². The van der Waals surface area contributed by atoms with Gasteiger partial charge in [0.05, 0.1) is 6.42 Å². The Hall–Kier alpha value is -3.11. The highest BCUT2D eigenvalue weighted by Gasteiger charge is 2.30. The lowest BCUT2D eigenvalue weighted by Crippen LogP contribution is -2.50. The third kappa shape index (κ3) is 6.19. The Morgan fingerprint density at radius 3 is 2.19 bits per heavy atom. The van der Waals surface area contributed by atoms with Gasteiger partial charge >= 0.3 is 0 Å². The van der Waals surface area contributed by atoms with E-state index in [1.54, 1.807) is 24.1 Å². The summed E-state index contributed by atoms with van der Waals surface area (Å²) >= 11 is 6.03. The van der Waals surface area contributed by atoms with E-state index in [1.165, 1.54) is 0 Å². The van der Waals surface area contributed by atoms with E-state index in [0.29, 0.717) is 18.0 Å². The lowest BCUT2D eigenvalue weighted by molar-refractivity contribution is -0.140. The molecule has 4 nitrogen and oxygen atoms in total. The molecule has 5 heteroatoms. The molecule has 0 aliphatic carbocycles. The largest absolute Gasteiger partial charge is 0.357 e. The summed E-state index contributed by atoms with van der Waals surface area (Å²) in [4.78, 5) is 28.1. The highest BCUT2D eigenvalue weighted by molar-refractivity contribution is 6.30. The first-order chi connectivity index (χ1) is 15.0. The third-order valence-electron chi connectivity index (χ3n) is 5.39. The minimum absolute atomic E-state index is 0.0891. The second-order valence-corrected chi connectivity index (χ2v) is 8.01. The van der Waals surface area contributed by atoms with Crippen LogP contribution in [-0.4, -0.2) is 29.8 Å². The molecule has 3 aromatic carbocycles. The monoisotopic (exact) mass is 434 g/mol. The summed E-state index contributed by atoms with van der Waals surface area (Å²) < 4.78 is 0. The average molecular weight is 435 g/mol. The Bertz CT molecular complexity index is 1020. The lowest BCUT2D eigenvalue weighted by Gasteiger charge is -2.31. The molecule has 0 heterocycles. The van der Waals surface area contributed by atoms with Crippen molar-refractivity contribution in [2.45, 2.75) is 32.4 Å². The molecule has 0 aliphatic heterocycles. The van der Waals surface area contributed by atoms with Crippen LogP contribution in [0.2, 0.25) is 5.02 Å². The zero-order chi connectivity index (χ0) is 22.2. The molecule has 0 aromatic heterocycles. The molecule has 0 aliphatic rings. The topological polar surface area (TPSA) is 49.4 Å². The van der Waals surface area contributed by atoms with Crippen molar-refractivity contribution < 1.29 is 9.59 Å². The molecule has 2 amide bonds. The summed E-state index contributed by atoms with van der Waals surface area (Å²) in [6.07, 6.45) is 0.677. The van der Waals surface area contributed by atoms with E-state index in [4.69, 9.17) is 11.6 Å². The number of rotatable bonds is 8. The molecule has 3 aromatic rings. The number of nitrogens with zero attached hydrogens (tertiary/aromatic N) is 1. The molecule has 0 saturated heterocycles. The Kier molecular flexibility index (Phi) is 7.85. The first-order valence-electron chi connectivity index (χ1n) is 10.3. The number of benzene rings is 3. The fraction of sp³-hybridized carbons (Fsp3) is 0.231. The van der Waals surface area contributed by atoms with E-state index in [1.807, 2.05) is 73.7 Å². The maximum absolute atomic E-state index is 13.5. The minimum Gasteiger partial charge on any atom is -0.357 e. The van der Waals surface area contributed by atoms with Crippen LogP contribution in [0.4, 0.5) is 0 Å². The highest BCUT2D eigenvalue weighted by Crippen LogP contribution is 2.19. The quantitative estimate of drug-likeness (QED) is 0.564. The normalized spacial score (nSPS) is 11.6. The highest BCUT2D eigenvalue weighted by atomic mass is 35.5. The van der Waals surface area contributed by atoms with Crippen LogP contribution in [0, 0.1) is 6.92 Å². The summed E-state index contributed by atoms with van der Waals surface area (Å²) in [7, 11) is 1.60. The first-order valence-corrected chi connectivity index (χ1v) is 10.7. The maximum atomic E-state index is 13.5. The van der Waals surface area contributed by atoms with E-state index >= 15 is 0 Å². The van der Waals surface area contributed by atoms with Gasteiger partial charge in [-0.2, -0.15) is 0 Å². The minimum atomic E-state index is -0.625. The van der Waals surface area contributed by atoms with E-state index in [2.05, 4.69) is 5.32 Å². The molecule has 0 unspecified atom stereocenters. The van der Waals surface area contributed by atoms with E-state index < -0.39 is 6.04 Å². The average Bonchev–Trinajstić information content (AvgIpc) is 2.79. The molecule has 0 saturated carbocycles. The number of likely N-dealkylation sites (N-methyl/N-ethyl adjacent to an activating group) is 1. The Morgan fingerprint density at radius 1 is 0.903 bits per heavy atom. The standard InChI is InChI=1S/C26H27ClN2O2/c1-19-8-6-7-11-22(19)17-25(30)29(18-21-12-14-23(27)15-13-21)24(26(31)28-2)16-20-9-4-3-5-10-20/h3-15,24H,16-18H2,1-2H3,(H,28,31)/t24-/m1/s1. The molecule has 1 N–H and O–H groups in total. The predicted octanol–water partition coefficient (Wildman–Crippen LogP) is 4.58. The van der Waals surface area contributed by atoms with Crippen molar-refractivity contribution in [1.82, 2.24) is 10.2 Å². The summed E-state index contributed by atoms with van der Waals surface area (Å²) in [5.74, 6) is -0.273. The predicted molar refractivity (Wildman–Crippen MR) is 125 cm³/mol. The van der Waals surface area contributed by atoms with Gasteiger partial charge in [-0.3, -0.25) is 9.59 Å². The Morgan fingerprint density at radius 2 is 1.55 bits per heavy atom. The molecule has 0 fully saturated rings. The van der Waals surface area contributed by atoms with E-state index in [9.17, 15) is 9.59 Å². The molecule has 160 valence electrons. The van der Waals surface area contributed by atoms with Crippen LogP contribution in [0.25, 0.3) is 0 Å². The van der Waals surface area contributed by atoms with E-state index in [-0.39, 0.29) is 18.2 Å². The van der Waals surface area contributed by atoms with Crippen LogP contribution in [-0.2, 0) is 29.0 Å². The van der Waals surface area contributed by atoms with Gasteiger partial charge in [-0.05, 0) is 41.3 Å². The number of carbonyl (C=O) groups excluding carboxylic acids is 2. The molecule has 0 radical (unpaired) electrons. The van der Waals surface area contributed by atoms with Gasteiger partial charge in [0.2, 0.25) is 11.8 Å². The SMILES string of the molecule is CNC(=O)[C@@H](Cc1ccccc1)N(Cc1ccc(Cl)cc1)C(=O)Cc1ccccc1C. The van der Waals surface area contributed by atoms with Crippen molar-refractivity contribution in [2.24, 2.45) is 0 Å². The second-order valence-electron chi connectivity index (χ2n) is 7.57. The van der Waals surface area contributed by atoms with Crippen LogP contribution >= 0.6 is 11.6 Å².